The monoisotopic (exact) mass is 351 g/mol. The number of methoxy groups -OCH3 is 1. The van der Waals surface area contributed by atoms with Gasteiger partial charge in [0.25, 0.3) is 10.0 Å². The first-order valence-electron chi connectivity index (χ1n) is 6.94. The second kappa shape index (κ2) is 7.06. The van der Waals surface area contributed by atoms with Crippen LogP contribution in [0.3, 0.4) is 0 Å². The van der Waals surface area contributed by atoms with E-state index in [9.17, 15) is 8.42 Å². The number of benzene rings is 2. The van der Waals surface area contributed by atoms with E-state index in [1.165, 1.54) is 17.5 Å². The molecule has 0 aliphatic heterocycles. The van der Waals surface area contributed by atoms with Crippen LogP contribution >= 0.6 is 11.6 Å². The third kappa shape index (κ3) is 3.68. The average Bonchev–Trinajstić information content (AvgIpc) is 2.52. The van der Waals surface area contributed by atoms with Gasteiger partial charge in [0.15, 0.2) is 0 Å². The van der Waals surface area contributed by atoms with E-state index >= 15 is 0 Å². The number of sulfonamides is 1. The number of hydrogen-bond acceptors (Lipinski definition) is 3. The summed E-state index contributed by atoms with van der Waals surface area (Å²) in [6, 6.07) is 11.6. The van der Waals surface area contributed by atoms with E-state index in [1.54, 1.807) is 42.5 Å². The fourth-order valence-corrected chi connectivity index (χ4v) is 3.79. The molecule has 0 bridgehead atoms. The third-order valence-corrected chi connectivity index (χ3v) is 5.43. The Morgan fingerprint density at radius 1 is 1.22 bits per heavy atom. The van der Waals surface area contributed by atoms with E-state index in [2.05, 4.69) is 6.58 Å². The van der Waals surface area contributed by atoms with E-state index in [0.717, 1.165) is 5.56 Å². The van der Waals surface area contributed by atoms with Gasteiger partial charge < -0.3 is 4.74 Å². The molecule has 0 radical (unpaired) electrons. The molecule has 0 fully saturated rings. The smallest absolute Gasteiger partial charge is 0.264 e. The molecular weight excluding hydrogens is 334 g/mol. The molecule has 23 heavy (non-hydrogen) atoms. The summed E-state index contributed by atoms with van der Waals surface area (Å²) in [5.41, 5.74) is 1.45. The lowest BCUT2D eigenvalue weighted by atomic mass is 10.2. The standard InChI is InChI=1S/C17H18ClNO3S/c1-4-11-19(14-7-10-17(22-3)16(18)12-14)23(20,21)15-8-5-13(2)6-9-15/h4-10,12H,1,11H2,2-3H3. The molecule has 2 aromatic carbocycles. The lowest BCUT2D eigenvalue weighted by Crippen LogP contribution is -2.31. The summed E-state index contributed by atoms with van der Waals surface area (Å²) in [4.78, 5) is 0.219. The molecule has 0 unspecified atom stereocenters. The zero-order chi connectivity index (χ0) is 17.0. The van der Waals surface area contributed by atoms with Crippen LogP contribution < -0.4 is 9.04 Å². The minimum atomic E-state index is -3.71. The highest BCUT2D eigenvalue weighted by Crippen LogP contribution is 2.31. The molecule has 2 rings (SSSR count). The largest absolute Gasteiger partial charge is 0.495 e. The Kier molecular flexibility index (Phi) is 5.34. The van der Waals surface area contributed by atoms with Gasteiger partial charge >= 0.3 is 0 Å². The quantitative estimate of drug-likeness (QED) is 0.738. The van der Waals surface area contributed by atoms with Crippen LogP contribution in [0.25, 0.3) is 0 Å². The Morgan fingerprint density at radius 2 is 1.87 bits per heavy atom. The number of aryl methyl sites for hydroxylation is 1. The molecule has 122 valence electrons. The van der Waals surface area contributed by atoms with Gasteiger partial charge in [-0.15, -0.1) is 6.58 Å². The van der Waals surface area contributed by atoms with E-state index in [1.807, 2.05) is 6.92 Å². The molecule has 0 spiro atoms. The van der Waals surface area contributed by atoms with E-state index < -0.39 is 10.0 Å². The first-order valence-corrected chi connectivity index (χ1v) is 8.76. The Labute approximate surface area is 142 Å². The van der Waals surface area contributed by atoms with Crippen LogP contribution in [0.4, 0.5) is 5.69 Å². The highest BCUT2D eigenvalue weighted by Gasteiger charge is 2.24. The predicted octanol–water partition coefficient (Wildman–Crippen LogP) is 4.04. The van der Waals surface area contributed by atoms with Crippen molar-refractivity contribution in [3.63, 3.8) is 0 Å². The topological polar surface area (TPSA) is 46.6 Å². The molecule has 0 aromatic heterocycles. The predicted molar refractivity (Wildman–Crippen MR) is 93.9 cm³/mol. The maximum atomic E-state index is 12.9. The number of nitrogens with zero attached hydrogens (tertiary/aromatic N) is 1. The third-order valence-electron chi connectivity index (χ3n) is 3.33. The molecule has 4 nitrogen and oxygen atoms in total. The molecule has 0 N–H and O–H groups in total. The molecule has 2 aromatic rings. The first-order chi connectivity index (χ1) is 10.9. The summed E-state index contributed by atoms with van der Waals surface area (Å²) in [6.07, 6.45) is 1.53. The Balaban J connectivity index is 2.50. The van der Waals surface area contributed by atoms with Gasteiger partial charge in [0.2, 0.25) is 0 Å². The lowest BCUT2D eigenvalue weighted by Gasteiger charge is -2.23. The molecule has 0 atom stereocenters. The van der Waals surface area contributed by atoms with Crippen molar-refractivity contribution >= 4 is 27.3 Å². The second-order valence-corrected chi connectivity index (χ2v) is 7.23. The summed E-state index contributed by atoms with van der Waals surface area (Å²) in [6.45, 7) is 5.68. The van der Waals surface area contributed by atoms with Crippen molar-refractivity contribution in [3.05, 3.63) is 65.7 Å². The van der Waals surface area contributed by atoms with Gasteiger partial charge in [-0.05, 0) is 37.3 Å². The summed E-state index contributed by atoms with van der Waals surface area (Å²) in [7, 11) is -2.20. The van der Waals surface area contributed by atoms with Crippen molar-refractivity contribution in [1.29, 1.82) is 0 Å². The fraction of sp³-hybridized carbons (Fsp3) is 0.176. The summed E-state index contributed by atoms with van der Waals surface area (Å²) in [5.74, 6) is 0.488. The lowest BCUT2D eigenvalue weighted by molar-refractivity contribution is 0.415. The number of halogens is 1. The maximum absolute atomic E-state index is 12.9. The number of anilines is 1. The molecule has 0 heterocycles. The Hall–Kier alpha value is -1.98. The number of rotatable bonds is 6. The van der Waals surface area contributed by atoms with Crippen LogP contribution in [0, 0.1) is 6.92 Å². The van der Waals surface area contributed by atoms with Crippen molar-refractivity contribution in [3.8, 4) is 5.75 Å². The second-order valence-electron chi connectivity index (χ2n) is 4.96. The van der Waals surface area contributed by atoms with Crippen molar-refractivity contribution in [2.24, 2.45) is 0 Å². The molecule has 0 saturated carbocycles. The summed E-state index contributed by atoms with van der Waals surface area (Å²) >= 11 is 6.12. The molecule has 6 heteroatoms. The molecule has 0 aliphatic rings. The average molecular weight is 352 g/mol. The maximum Gasteiger partial charge on any atom is 0.264 e. The van der Waals surface area contributed by atoms with Gasteiger partial charge in [0, 0.05) is 0 Å². The minimum absolute atomic E-state index is 0.138. The van der Waals surface area contributed by atoms with Crippen LogP contribution in [0.1, 0.15) is 5.56 Å². The van der Waals surface area contributed by atoms with Crippen molar-refractivity contribution in [2.45, 2.75) is 11.8 Å². The van der Waals surface area contributed by atoms with Crippen molar-refractivity contribution < 1.29 is 13.2 Å². The van der Waals surface area contributed by atoms with Gasteiger partial charge in [0.1, 0.15) is 5.75 Å². The summed E-state index contributed by atoms with van der Waals surface area (Å²) < 4.78 is 32.2. The highest BCUT2D eigenvalue weighted by atomic mass is 35.5. The molecule has 0 aliphatic carbocycles. The molecule has 0 saturated heterocycles. The molecular formula is C17H18ClNO3S. The van der Waals surface area contributed by atoms with Crippen LogP contribution in [0.2, 0.25) is 5.02 Å². The Bertz CT molecular complexity index is 801. The first kappa shape index (κ1) is 17.4. The number of hydrogen-bond donors (Lipinski definition) is 0. The van der Waals surface area contributed by atoms with Crippen LogP contribution in [0.15, 0.2) is 60.0 Å². The van der Waals surface area contributed by atoms with Crippen molar-refractivity contribution in [1.82, 2.24) is 0 Å². The number of ether oxygens (including phenoxy) is 1. The van der Waals surface area contributed by atoms with Crippen molar-refractivity contribution in [2.75, 3.05) is 18.0 Å². The zero-order valence-electron chi connectivity index (χ0n) is 13.0. The van der Waals surface area contributed by atoms with E-state index in [-0.39, 0.29) is 11.4 Å². The van der Waals surface area contributed by atoms with Gasteiger partial charge in [-0.25, -0.2) is 8.42 Å². The zero-order valence-corrected chi connectivity index (χ0v) is 14.6. The normalized spacial score (nSPS) is 11.1. The van der Waals surface area contributed by atoms with Gasteiger partial charge in [-0.3, -0.25) is 4.31 Å². The molecule has 0 amide bonds. The van der Waals surface area contributed by atoms with Crippen LogP contribution in [-0.2, 0) is 10.0 Å². The summed E-state index contributed by atoms with van der Waals surface area (Å²) in [5, 5.41) is 0.346. The van der Waals surface area contributed by atoms with Gasteiger partial charge in [0.05, 0.1) is 29.3 Å². The van der Waals surface area contributed by atoms with E-state index in [4.69, 9.17) is 16.3 Å². The van der Waals surface area contributed by atoms with Crippen LogP contribution in [-0.4, -0.2) is 22.1 Å². The minimum Gasteiger partial charge on any atom is -0.495 e. The highest BCUT2D eigenvalue weighted by molar-refractivity contribution is 7.92. The van der Waals surface area contributed by atoms with Gasteiger partial charge in [-0.2, -0.15) is 0 Å². The van der Waals surface area contributed by atoms with Crippen LogP contribution in [0.5, 0.6) is 5.75 Å². The SMILES string of the molecule is C=CCN(c1ccc(OC)c(Cl)c1)S(=O)(=O)c1ccc(C)cc1. The Morgan fingerprint density at radius 3 is 2.39 bits per heavy atom. The van der Waals surface area contributed by atoms with Gasteiger partial charge in [-0.1, -0.05) is 35.4 Å². The van der Waals surface area contributed by atoms with E-state index in [0.29, 0.717) is 16.5 Å². The fourth-order valence-electron chi connectivity index (χ4n) is 2.11.